The van der Waals surface area contributed by atoms with Crippen molar-refractivity contribution in [3.63, 3.8) is 0 Å². The fourth-order valence-electron chi connectivity index (χ4n) is 2.37. The number of hydrogen-bond donors (Lipinski definition) is 2. The highest BCUT2D eigenvalue weighted by Crippen LogP contribution is 2.20. The number of anilines is 2. The van der Waals surface area contributed by atoms with Crippen LogP contribution in [0.3, 0.4) is 0 Å². The minimum Gasteiger partial charge on any atom is -0.481 e. The van der Waals surface area contributed by atoms with E-state index in [0.717, 1.165) is 5.56 Å². The lowest BCUT2D eigenvalue weighted by molar-refractivity contribution is -0.122. The van der Waals surface area contributed by atoms with Gasteiger partial charge < -0.3 is 15.4 Å². The summed E-state index contributed by atoms with van der Waals surface area (Å²) in [6.45, 7) is 7.39. The Morgan fingerprint density at radius 1 is 1.00 bits per heavy atom. The van der Waals surface area contributed by atoms with Gasteiger partial charge in [-0.3, -0.25) is 9.59 Å². The molecule has 132 valence electrons. The third-order valence-corrected chi connectivity index (χ3v) is 3.87. The van der Waals surface area contributed by atoms with Gasteiger partial charge in [0, 0.05) is 18.3 Å². The van der Waals surface area contributed by atoms with Gasteiger partial charge in [0.05, 0.1) is 0 Å². The van der Waals surface area contributed by atoms with Crippen molar-refractivity contribution in [1.82, 2.24) is 0 Å². The second-order valence-corrected chi connectivity index (χ2v) is 6.01. The minimum atomic E-state index is -0.591. The summed E-state index contributed by atoms with van der Waals surface area (Å²) in [4.78, 5) is 23.6. The van der Waals surface area contributed by atoms with E-state index in [-0.39, 0.29) is 11.8 Å². The summed E-state index contributed by atoms with van der Waals surface area (Å²) in [5, 5.41) is 5.53. The molecule has 25 heavy (non-hydrogen) atoms. The average Bonchev–Trinajstić information content (AvgIpc) is 2.55. The summed E-state index contributed by atoms with van der Waals surface area (Å²) in [5.74, 6) is 0.297. The SMILES string of the molecule is CC[C@@H](Oc1ccc(C)c(C)c1)C(=O)Nc1cccc(NC(C)=O)c1. The zero-order valence-electron chi connectivity index (χ0n) is 15.1. The van der Waals surface area contributed by atoms with E-state index in [2.05, 4.69) is 10.6 Å². The molecule has 0 aliphatic carbocycles. The van der Waals surface area contributed by atoms with E-state index in [1.807, 2.05) is 39.0 Å². The molecule has 2 aromatic rings. The Morgan fingerprint density at radius 3 is 2.28 bits per heavy atom. The zero-order valence-corrected chi connectivity index (χ0v) is 15.1. The number of amides is 2. The summed E-state index contributed by atoms with van der Waals surface area (Å²) in [6, 6.07) is 12.8. The fraction of sp³-hybridized carbons (Fsp3) is 0.300. The van der Waals surface area contributed by atoms with E-state index < -0.39 is 6.10 Å². The summed E-state index contributed by atoms with van der Waals surface area (Å²) < 4.78 is 5.85. The van der Waals surface area contributed by atoms with Crippen LogP contribution >= 0.6 is 0 Å². The first-order valence-electron chi connectivity index (χ1n) is 8.31. The standard InChI is InChI=1S/C20H24N2O3/c1-5-19(25-18-10-9-13(2)14(3)11-18)20(24)22-17-8-6-7-16(12-17)21-15(4)23/h6-12,19H,5H2,1-4H3,(H,21,23)(H,22,24)/t19-/m1/s1. The lowest BCUT2D eigenvalue weighted by atomic mass is 10.1. The van der Waals surface area contributed by atoms with Gasteiger partial charge >= 0.3 is 0 Å². The molecule has 2 amide bonds. The number of ether oxygens (including phenoxy) is 1. The third-order valence-electron chi connectivity index (χ3n) is 3.87. The van der Waals surface area contributed by atoms with Crippen molar-refractivity contribution in [3.05, 3.63) is 53.6 Å². The first kappa shape index (κ1) is 18.5. The molecule has 0 radical (unpaired) electrons. The molecule has 2 rings (SSSR count). The van der Waals surface area contributed by atoms with Crippen LogP contribution < -0.4 is 15.4 Å². The molecule has 0 spiro atoms. The van der Waals surface area contributed by atoms with Crippen molar-refractivity contribution in [1.29, 1.82) is 0 Å². The van der Waals surface area contributed by atoms with Crippen molar-refractivity contribution in [2.24, 2.45) is 0 Å². The molecular formula is C20H24N2O3. The van der Waals surface area contributed by atoms with Crippen molar-refractivity contribution >= 4 is 23.2 Å². The number of nitrogens with one attached hydrogen (secondary N) is 2. The van der Waals surface area contributed by atoms with Crippen LogP contribution in [0, 0.1) is 13.8 Å². The number of rotatable bonds is 6. The first-order chi connectivity index (χ1) is 11.9. The molecule has 0 unspecified atom stereocenters. The van der Waals surface area contributed by atoms with Crippen LogP contribution in [-0.4, -0.2) is 17.9 Å². The number of aryl methyl sites for hydroxylation is 2. The maximum absolute atomic E-state index is 12.5. The van der Waals surface area contributed by atoms with Crippen molar-refractivity contribution in [2.45, 2.75) is 40.2 Å². The van der Waals surface area contributed by atoms with Crippen molar-refractivity contribution in [2.75, 3.05) is 10.6 Å². The molecule has 1 atom stereocenters. The molecule has 0 heterocycles. The smallest absolute Gasteiger partial charge is 0.265 e. The summed E-state index contributed by atoms with van der Waals surface area (Å²) in [5.41, 5.74) is 3.54. The van der Waals surface area contributed by atoms with E-state index in [0.29, 0.717) is 23.5 Å². The topological polar surface area (TPSA) is 67.4 Å². The van der Waals surface area contributed by atoms with Crippen LogP contribution in [0.25, 0.3) is 0 Å². The predicted octanol–water partition coefficient (Wildman–Crippen LogP) is 4.06. The highest BCUT2D eigenvalue weighted by atomic mass is 16.5. The fourth-order valence-corrected chi connectivity index (χ4v) is 2.37. The largest absolute Gasteiger partial charge is 0.481 e. The average molecular weight is 340 g/mol. The first-order valence-corrected chi connectivity index (χ1v) is 8.31. The molecule has 0 bridgehead atoms. The second-order valence-electron chi connectivity index (χ2n) is 6.01. The third kappa shape index (κ3) is 5.35. The van der Waals surface area contributed by atoms with Gasteiger partial charge in [-0.15, -0.1) is 0 Å². The lowest BCUT2D eigenvalue weighted by Crippen LogP contribution is -2.32. The van der Waals surface area contributed by atoms with Gasteiger partial charge in [-0.2, -0.15) is 0 Å². The number of hydrogen-bond acceptors (Lipinski definition) is 3. The van der Waals surface area contributed by atoms with Gasteiger partial charge in [-0.1, -0.05) is 19.1 Å². The van der Waals surface area contributed by atoms with Crippen LogP contribution in [0.15, 0.2) is 42.5 Å². The number of benzene rings is 2. The monoisotopic (exact) mass is 340 g/mol. The molecule has 5 nitrogen and oxygen atoms in total. The normalized spacial score (nSPS) is 11.5. The van der Waals surface area contributed by atoms with Crippen LogP contribution in [-0.2, 0) is 9.59 Å². The Hall–Kier alpha value is -2.82. The lowest BCUT2D eigenvalue weighted by Gasteiger charge is -2.18. The molecule has 5 heteroatoms. The Morgan fingerprint density at radius 2 is 1.68 bits per heavy atom. The van der Waals surface area contributed by atoms with Gasteiger partial charge in [-0.25, -0.2) is 0 Å². The van der Waals surface area contributed by atoms with Crippen molar-refractivity contribution in [3.8, 4) is 5.75 Å². The highest BCUT2D eigenvalue weighted by molar-refractivity contribution is 5.95. The Bertz CT molecular complexity index is 771. The van der Waals surface area contributed by atoms with Gasteiger partial charge in [0.1, 0.15) is 5.75 Å². The molecule has 0 saturated heterocycles. The molecule has 0 aliphatic rings. The van der Waals surface area contributed by atoms with Gasteiger partial charge in [0.2, 0.25) is 5.91 Å². The Kier molecular flexibility index (Phi) is 6.17. The molecule has 2 aromatic carbocycles. The maximum Gasteiger partial charge on any atom is 0.265 e. The summed E-state index contributed by atoms with van der Waals surface area (Å²) in [6.07, 6.45) is -0.0454. The van der Waals surface area contributed by atoms with E-state index in [9.17, 15) is 9.59 Å². The molecule has 0 aromatic heterocycles. The van der Waals surface area contributed by atoms with Crippen LogP contribution in [0.1, 0.15) is 31.4 Å². The Labute approximate surface area is 148 Å². The zero-order chi connectivity index (χ0) is 18.4. The molecular weight excluding hydrogens is 316 g/mol. The quantitative estimate of drug-likeness (QED) is 0.833. The highest BCUT2D eigenvalue weighted by Gasteiger charge is 2.19. The van der Waals surface area contributed by atoms with E-state index in [1.165, 1.54) is 12.5 Å². The van der Waals surface area contributed by atoms with Crippen molar-refractivity contribution < 1.29 is 14.3 Å². The predicted molar refractivity (Wildman–Crippen MR) is 100.0 cm³/mol. The molecule has 0 saturated carbocycles. The number of carbonyl (C=O) groups is 2. The summed E-state index contributed by atoms with van der Waals surface area (Å²) >= 11 is 0. The molecule has 2 N–H and O–H groups in total. The second kappa shape index (κ2) is 8.33. The van der Waals surface area contributed by atoms with Crippen LogP contribution in [0.2, 0.25) is 0 Å². The van der Waals surface area contributed by atoms with E-state index in [4.69, 9.17) is 4.74 Å². The number of carbonyl (C=O) groups excluding carboxylic acids is 2. The van der Waals surface area contributed by atoms with E-state index in [1.54, 1.807) is 24.3 Å². The van der Waals surface area contributed by atoms with E-state index >= 15 is 0 Å². The minimum absolute atomic E-state index is 0.159. The summed E-state index contributed by atoms with van der Waals surface area (Å²) in [7, 11) is 0. The molecule has 0 aliphatic heterocycles. The molecule has 0 fully saturated rings. The maximum atomic E-state index is 12.5. The van der Waals surface area contributed by atoms with Gasteiger partial charge in [-0.05, 0) is 61.7 Å². The Balaban J connectivity index is 2.06. The van der Waals surface area contributed by atoms with Crippen LogP contribution in [0.5, 0.6) is 5.75 Å². The van der Waals surface area contributed by atoms with Gasteiger partial charge in [0.25, 0.3) is 5.91 Å². The van der Waals surface area contributed by atoms with Gasteiger partial charge in [0.15, 0.2) is 6.10 Å². The van der Waals surface area contributed by atoms with Crippen LogP contribution in [0.4, 0.5) is 11.4 Å².